The van der Waals surface area contributed by atoms with Gasteiger partial charge >= 0.3 is 0 Å². The highest BCUT2D eigenvalue weighted by atomic mass is 16.1. The fourth-order valence-electron chi connectivity index (χ4n) is 2.96. The van der Waals surface area contributed by atoms with E-state index in [9.17, 15) is 4.79 Å². The molecule has 1 saturated carbocycles. The van der Waals surface area contributed by atoms with Gasteiger partial charge in [0, 0.05) is 25.0 Å². The number of nitrogens with two attached hydrogens (primary N) is 1. The summed E-state index contributed by atoms with van der Waals surface area (Å²) < 4.78 is 0. The van der Waals surface area contributed by atoms with Crippen molar-refractivity contribution in [2.24, 2.45) is 11.7 Å². The Morgan fingerprint density at radius 1 is 1.50 bits per heavy atom. The largest absolute Gasteiger partial charge is 0.349 e. The Morgan fingerprint density at radius 2 is 2.28 bits per heavy atom. The molecule has 0 bridgehead atoms. The standard InChI is InChI=1S/C13H22N4O/c1-2-17(12-13(18)16-8-7-15-12)11-6-4-3-5-10(11)9-14/h7-8,10-11H,2-6,9,14H2,1H3,(H,16,18). The highest BCUT2D eigenvalue weighted by molar-refractivity contribution is 5.37. The first kappa shape index (κ1) is 13.1. The molecule has 0 saturated heterocycles. The SMILES string of the molecule is CCN(c1ncc[nH]c1=O)C1CCCCC1CN. The number of nitrogens with one attached hydrogen (secondary N) is 1. The van der Waals surface area contributed by atoms with Crippen LogP contribution in [0, 0.1) is 5.92 Å². The Morgan fingerprint density at radius 3 is 2.94 bits per heavy atom. The zero-order chi connectivity index (χ0) is 13.0. The first-order valence-corrected chi connectivity index (χ1v) is 6.78. The predicted octanol–water partition coefficient (Wildman–Crippen LogP) is 1.11. The van der Waals surface area contributed by atoms with E-state index in [2.05, 4.69) is 21.8 Å². The predicted molar refractivity (Wildman–Crippen MR) is 72.7 cm³/mol. The van der Waals surface area contributed by atoms with Gasteiger partial charge in [0.25, 0.3) is 5.56 Å². The molecule has 5 heteroatoms. The first-order valence-electron chi connectivity index (χ1n) is 6.78. The van der Waals surface area contributed by atoms with Crippen LogP contribution in [0.3, 0.4) is 0 Å². The minimum absolute atomic E-state index is 0.110. The minimum Gasteiger partial charge on any atom is -0.349 e. The molecule has 1 aliphatic rings. The summed E-state index contributed by atoms with van der Waals surface area (Å²) in [6.45, 7) is 3.55. The van der Waals surface area contributed by atoms with Gasteiger partial charge in [0.15, 0.2) is 5.82 Å². The van der Waals surface area contributed by atoms with E-state index in [0.717, 1.165) is 19.4 Å². The maximum absolute atomic E-state index is 11.9. The molecule has 1 fully saturated rings. The van der Waals surface area contributed by atoms with Crippen LogP contribution in [0.5, 0.6) is 0 Å². The third-order valence-electron chi connectivity index (χ3n) is 3.87. The average Bonchev–Trinajstić information content (AvgIpc) is 2.42. The summed E-state index contributed by atoms with van der Waals surface area (Å²) in [6.07, 6.45) is 7.92. The van der Waals surface area contributed by atoms with Gasteiger partial charge in [0.2, 0.25) is 0 Å². The summed E-state index contributed by atoms with van der Waals surface area (Å²) in [4.78, 5) is 20.9. The number of aromatic amines is 1. The second-order valence-corrected chi connectivity index (χ2v) is 4.88. The normalized spacial score (nSPS) is 23.9. The van der Waals surface area contributed by atoms with Crippen molar-refractivity contribution < 1.29 is 0 Å². The molecule has 0 aliphatic heterocycles. The van der Waals surface area contributed by atoms with Gasteiger partial charge in [-0.15, -0.1) is 0 Å². The van der Waals surface area contributed by atoms with E-state index < -0.39 is 0 Å². The van der Waals surface area contributed by atoms with E-state index >= 15 is 0 Å². The number of hydrogen-bond donors (Lipinski definition) is 2. The lowest BCUT2D eigenvalue weighted by molar-refractivity contribution is 0.299. The summed E-state index contributed by atoms with van der Waals surface area (Å²) in [5.41, 5.74) is 5.76. The lowest BCUT2D eigenvalue weighted by Crippen LogP contribution is -2.47. The maximum Gasteiger partial charge on any atom is 0.290 e. The van der Waals surface area contributed by atoms with Crippen molar-refractivity contribution in [2.75, 3.05) is 18.0 Å². The molecule has 2 atom stereocenters. The molecule has 1 heterocycles. The number of rotatable bonds is 4. The quantitative estimate of drug-likeness (QED) is 0.839. The second-order valence-electron chi connectivity index (χ2n) is 4.88. The van der Waals surface area contributed by atoms with Crippen molar-refractivity contribution in [2.45, 2.75) is 38.6 Å². The molecule has 0 amide bonds. The number of aromatic nitrogens is 2. The molecule has 2 unspecified atom stereocenters. The molecule has 0 radical (unpaired) electrons. The van der Waals surface area contributed by atoms with Crippen LogP contribution in [-0.2, 0) is 0 Å². The van der Waals surface area contributed by atoms with Gasteiger partial charge in [-0.1, -0.05) is 12.8 Å². The van der Waals surface area contributed by atoms with Gasteiger partial charge in [-0.25, -0.2) is 4.98 Å². The van der Waals surface area contributed by atoms with Crippen LogP contribution in [-0.4, -0.2) is 29.1 Å². The van der Waals surface area contributed by atoms with Crippen molar-refractivity contribution in [3.05, 3.63) is 22.7 Å². The highest BCUT2D eigenvalue weighted by Crippen LogP contribution is 2.29. The van der Waals surface area contributed by atoms with Crippen molar-refractivity contribution in [1.82, 2.24) is 9.97 Å². The molecular formula is C13H22N4O. The third kappa shape index (κ3) is 2.56. The molecule has 3 N–H and O–H groups in total. The van der Waals surface area contributed by atoms with Gasteiger partial charge in [0.05, 0.1) is 0 Å². The molecule has 100 valence electrons. The van der Waals surface area contributed by atoms with Crippen LogP contribution < -0.4 is 16.2 Å². The zero-order valence-corrected chi connectivity index (χ0v) is 10.9. The maximum atomic E-state index is 11.9. The van der Waals surface area contributed by atoms with Crippen LogP contribution in [0.2, 0.25) is 0 Å². The van der Waals surface area contributed by atoms with Crippen LogP contribution in [0.4, 0.5) is 5.82 Å². The Labute approximate surface area is 107 Å². The number of nitrogens with zero attached hydrogens (tertiary/aromatic N) is 2. The van der Waals surface area contributed by atoms with Crippen molar-refractivity contribution in [3.8, 4) is 0 Å². The molecular weight excluding hydrogens is 228 g/mol. The lowest BCUT2D eigenvalue weighted by Gasteiger charge is -2.39. The Bertz CT molecular complexity index is 431. The first-order chi connectivity index (χ1) is 8.77. The summed E-state index contributed by atoms with van der Waals surface area (Å²) in [5, 5.41) is 0. The molecule has 0 aromatic carbocycles. The second kappa shape index (κ2) is 6.00. The number of hydrogen-bond acceptors (Lipinski definition) is 4. The molecule has 1 aliphatic carbocycles. The van der Waals surface area contributed by atoms with Crippen molar-refractivity contribution in [3.63, 3.8) is 0 Å². The molecule has 2 rings (SSSR count). The van der Waals surface area contributed by atoms with Crippen LogP contribution in [0.15, 0.2) is 17.2 Å². The summed E-state index contributed by atoms with van der Waals surface area (Å²) in [5.74, 6) is 1.01. The smallest absolute Gasteiger partial charge is 0.290 e. The monoisotopic (exact) mass is 250 g/mol. The highest BCUT2D eigenvalue weighted by Gasteiger charge is 2.30. The fourth-order valence-corrected chi connectivity index (χ4v) is 2.96. The van der Waals surface area contributed by atoms with Crippen LogP contribution in [0.1, 0.15) is 32.6 Å². The van der Waals surface area contributed by atoms with Gasteiger partial charge < -0.3 is 15.6 Å². The van der Waals surface area contributed by atoms with Crippen molar-refractivity contribution in [1.29, 1.82) is 0 Å². The van der Waals surface area contributed by atoms with Gasteiger partial charge in [-0.2, -0.15) is 0 Å². The van der Waals surface area contributed by atoms with E-state index in [4.69, 9.17) is 5.73 Å². The number of anilines is 1. The molecule has 0 spiro atoms. The summed E-state index contributed by atoms with van der Waals surface area (Å²) in [6, 6.07) is 0.352. The van der Waals surface area contributed by atoms with Crippen LogP contribution in [0.25, 0.3) is 0 Å². The van der Waals surface area contributed by atoms with Crippen LogP contribution >= 0.6 is 0 Å². The Kier molecular flexibility index (Phi) is 4.36. The van der Waals surface area contributed by atoms with Crippen molar-refractivity contribution >= 4 is 5.82 Å². The Balaban J connectivity index is 2.27. The van der Waals surface area contributed by atoms with E-state index in [1.807, 2.05) is 0 Å². The summed E-state index contributed by atoms with van der Waals surface area (Å²) in [7, 11) is 0. The van der Waals surface area contributed by atoms with Gasteiger partial charge in [0.1, 0.15) is 0 Å². The average molecular weight is 250 g/mol. The lowest BCUT2D eigenvalue weighted by atomic mass is 9.83. The van der Waals surface area contributed by atoms with E-state index in [1.165, 1.54) is 12.8 Å². The topological polar surface area (TPSA) is 75.0 Å². The molecule has 5 nitrogen and oxygen atoms in total. The van der Waals surface area contributed by atoms with E-state index in [1.54, 1.807) is 12.4 Å². The zero-order valence-electron chi connectivity index (χ0n) is 10.9. The fraction of sp³-hybridized carbons (Fsp3) is 0.692. The van der Waals surface area contributed by atoms with Gasteiger partial charge in [-0.3, -0.25) is 4.79 Å². The van der Waals surface area contributed by atoms with E-state index in [-0.39, 0.29) is 5.56 Å². The molecule has 1 aromatic heterocycles. The summed E-state index contributed by atoms with van der Waals surface area (Å²) >= 11 is 0. The number of H-pyrrole nitrogens is 1. The molecule has 1 aromatic rings. The minimum atomic E-state index is -0.110. The Hall–Kier alpha value is -1.36. The molecule has 18 heavy (non-hydrogen) atoms. The van der Waals surface area contributed by atoms with E-state index in [0.29, 0.717) is 24.3 Å². The van der Waals surface area contributed by atoms with Gasteiger partial charge in [-0.05, 0) is 32.2 Å². The third-order valence-corrected chi connectivity index (χ3v) is 3.87.